The molecule has 2 aromatic rings. The zero-order valence-electron chi connectivity index (χ0n) is 18.6. The predicted octanol–water partition coefficient (Wildman–Crippen LogP) is 3.72. The quantitative estimate of drug-likeness (QED) is 0.281. The van der Waals surface area contributed by atoms with E-state index in [9.17, 15) is 0 Å². The van der Waals surface area contributed by atoms with Crippen molar-refractivity contribution in [3.8, 4) is 11.5 Å². The molecule has 0 fully saturated rings. The minimum atomic E-state index is 0. The minimum absolute atomic E-state index is 0. The van der Waals surface area contributed by atoms with Gasteiger partial charge in [0.15, 0.2) is 5.96 Å². The number of halogens is 1. The lowest BCUT2D eigenvalue weighted by Gasteiger charge is -2.24. The van der Waals surface area contributed by atoms with E-state index in [0.717, 1.165) is 37.0 Å². The number of methoxy groups -OCH3 is 2. The number of hydrogen-bond acceptors (Lipinski definition) is 4. The molecule has 0 radical (unpaired) electrons. The maximum absolute atomic E-state index is 5.43. The highest BCUT2D eigenvalue weighted by Gasteiger charge is 2.14. The maximum atomic E-state index is 5.43. The minimum Gasteiger partial charge on any atom is -0.497 e. The van der Waals surface area contributed by atoms with Gasteiger partial charge in [0.25, 0.3) is 0 Å². The molecule has 0 saturated carbocycles. The van der Waals surface area contributed by atoms with Gasteiger partial charge >= 0.3 is 0 Å². The Morgan fingerprint density at radius 1 is 1.00 bits per heavy atom. The number of hydrogen-bond donors (Lipinski definition) is 2. The summed E-state index contributed by atoms with van der Waals surface area (Å²) in [5.41, 5.74) is 2.40. The van der Waals surface area contributed by atoms with E-state index in [1.807, 2.05) is 30.3 Å². The van der Waals surface area contributed by atoms with Crippen molar-refractivity contribution >= 4 is 29.9 Å². The van der Waals surface area contributed by atoms with Crippen molar-refractivity contribution in [3.05, 3.63) is 59.7 Å². The molecule has 30 heavy (non-hydrogen) atoms. The van der Waals surface area contributed by atoms with Crippen LogP contribution in [0.5, 0.6) is 11.5 Å². The SMILES string of the molecule is CCNC(=NCC(c1ccc(OC)cc1)N(C)C)NCCc1ccccc1OC.I. The van der Waals surface area contributed by atoms with Crippen molar-refractivity contribution in [2.45, 2.75) is 19.4 Å². The molecule has 0 heterocycles. The van der Waals surface area contributed by atoms with E-state index in [0.29, 0.717) is 6.54 Å². The van der Waals surface area contributed by atoms with E-state index >= 15 is 0 Å². The Morgan fingerprint density at radius 3 is 2.30 bits per heavy atom. The normalized spacial score (nSPS) is 12.1. The molecule has 2 rings (SSSR count). The second kappa shape index (κ2) is 14.1. The summed E-state index contributed by atoms with van der Waals surface area (Å²) in [5, 5.41) is 6.76. The summed E-state index contributed by atoms with van der Waals surface area (Å²) in [6.45, 7) is 4.32. The first-order valence-corrected chi connectivity index (χ1v) is 10.0. The first-order valence-electron chi connectivity index (χ1n) is 10.0. The Kier molecular flexibility index (Phi) is 12.2. The van der Waals surface area contributed by atoms with Gasteiger partial charge < -0.3 is 25.0 Å². The van der Waals surface area contributed by atoms with Crippen LogP contribution in [0.2, 0.25) is 0 Å². The second-order valence-corrected chi connectivity index (χ2v) is 6.96. The Balaban J connectivity index is 0.00000450. The number of ether oxygens (including phenoxy) is 2. The second-order valence-electron chi connectivity index (χ2n) is 6.96. The molecule has 0 aliphatic rings. The number of likely N-dealkylation sites (N-methyl/N-ethyl adjacent to an activating group) is 1. The third kappa shape index (κ3) is 8.02. The summed E-state index contributed by atoms with van der Waals surface area (Å²) < 4.78 is 10.7. The first-order chi connectivity index (χ1) is 14.1. The van der Waals surface area contributed by atoms with E-state index in [4.69, 9.17) is 14.5 Å². The van der Waals surface area contributed by atoms with Gasteiger partial charge in [0.2, 0.25) is 0 Å². The molecule has 166 valence electrons. The van der Waals surface area contributed by atoms with Crippen LogP contribution in [-0.4, -0.2) is 58.8 Å². The third-order valence-electron chi connectivity index (χ3n) is 4.77. The number of nitrogens with zero attached hydrogens (tertiary/aromatic N) is 2. The fourth-order valence-corrected chi connectivity index (χ4v) is 3.14. The first kappa shape index (κ1) is 26.0. The highest BCUT2D eigenvalue weighted by molar-refractivity contribution is 14.0. The lowest BCUT2D eigenvalue weighted by atomic mass is 10.1. The van der Waals surface area contributed by atoms with Gasteiger partial charge in [0.05, 0.1) is 26.8 Å². The van der Waals surface area contributed by atoms with Crippen molar-refractivity contribution in [3.63, 3.8) is 0 Å². The molecule has 0 spiro atoms. The molecule has 2 aromatic carbocycles. The lowest BCUT2D eigenvalue weighted by molar-refractivity contribution is 0.306. The number of aliphatic imine (C=N–C) groups is 1. The van der Waals surface area contributed by atoms with Crippen molar-refractivity contribution in [2.24, 2.45) is 4.99 Å². The van der Waals surface area contributed by atoms with Gasteiger partial charge in [0, 0.05) is 13.1 Å². The van der Waals surface area contributed by atoms with Crippen LogP contribution in [0.25, 0.3) is 0 Å². The Hall–Kier alpha value is -2.00. The van der Waals surface area contributed by atoms with Crippen LogP contribution >= 0.6 is 24.0 Å². The fourth-order valence-electron chi connectivity index (χ4n) is 3.14. The summed E-state index contributed by atoms with van der Waals surface area (Å²) in [4.78, 5) is 7.00. The van der Waals surface area contributed by atoms with Gasteiger partial charge in [-0.05, 0) is 56.8 Å². The molecule has 0 amide bonds. The Bertz CT molecular complexity index is 766. The highest BCUT2D eigenvalue weighted by Crippen LogP contribution is 2.21. The summed E-state index contributed by atoms with van der Waals surface area (Å²) in [6.07, 6.45) is 0.865. The van der Waals surface area contributed by atoms with Gasteiger partial charge in [-0.1, -0.05) is 30.3 Å². The number of benzene rings is 2. The van der Waals surface area contributed by atoms with Gasteiger partial charge in [-0.3, -0.25) is 4.99 Å². The number of rotatable bonds is 10. The molecule has 6 nitrogen and oxygen atoms in total. The maximum Gasteiger partial charge on any atom is 0.191 e. The van der Waals surface area contributed by atoms with E-state index in [1.165, 1.54) is 11.1 Å². The van der Waals surface area contributed by atoms with E-state index < -0.39 is 0 Å². The van der Waals surface area contributed by atoms with E-state index in [1.54, 1.807) is 14.2 Å². The summed E-state index contributed by atoms with van der Waals surface area (Å²) >= 11 is 0. The Labute approximate surface area is 198 Å². The Morgan fingerprint density at radius 2 is 1.70 bits per heavy atom. The molecule has 1 atom stereocenters. The smallest absolute Gasteiger partial charge is 0.191 e. The van der Waals surface area contributed by atoms with Crippen molar-refractivity contribution < 1.29 is 9.47 Å². The van der Waals surface area contributed by atoms with Crippen LogP contribution in [0.1, 0.15) is 24.1 Å². The largest absolute Gasteiger partial charge is 0.497 e. The van der Waals surface area contributed by atoms with Crippen molar-refractivity contribution in [1.82, 2.24) is 15.5 Å². The van der Waals surface area contributed by atoms with Gasteiger partial charge in [-0.2, -0.15) is 0 Å². The fraction of sp³-hybridized carbons (Fsp3) is 0.435. The molecule has 0 saturated heterocycles. The van der Waals surface area contributed by atoms with E-state index in [-0.39, 0.29) is 30.0 Å². The molecule has 0 aromatic heterocycles. The molecule has 0 aliphatic carbocycles. The summed E-state index contributed by atoms with van der Waals surface area (Å²) in [6, 6.07) is 16.5. The average molecular weight is 526 g/mol. The summed E-state index contributed by atoms with van der Waals surface area (Å²) in [7, 11) is 7.54. The lowest BCUT2D eigenvalue weighted by Crippen LogP contribution is -2.39. The standard InChI is InChI=1S/C23H34N4O2.HI/c1-6-24-23(25-16-15-19-9-7-8-10-22(19)29-5)26-17-21(27(2)3)18-11-13-20(28-4)14-12-18;/h7-14,21H,6,15-17H2,1-5H3,(H2,24,25,26);1H. The number of para-hydroxylation sites is 1. The molecule has 0 aliphatic heterocycles. The van der Waals surface area contributed by atoms with E-state index in [2.05, 4.69) is 54.8 Å². The van der Waals surface area contributed by atoms with Crippen molar-refractivity contribution in [1.29, 1.82) is 0 Å². The van der Waals surface area contributed by atoms with Crippen LogP contribution in [0.3, 0.4) is 0 Å². The van der Waals surface area contributed by atoms with Crippen LogP contribution < -0.4 is 20.1 Å². The van der Waals surface area contributed by atoms with Crippen LogP contribution in [0, 0.1) is 0 Å². The molecule has 2 N–H and O–H groups in total. The highest BCUT2D eigenvalue weighted by atomic mass is 127. The predicted molar refractivity (Wildman–Crippen MR) is 136 cm³/mol. The van der Waals surface area contributed by atoms with Crippen molar-refractivity contribution in [2.75, 3.05) is 47.9 Å². The molecular formula is C23H35IN4O2. The molecular weight excluding hydrogens is 491 g/mol. The monoisotopic (exact) mass is 526 g/mol. The zero-order valence-corrected chi connectivity index (χ0v) is 21.0. The van der Waals surface area contributed by atoms with Crippen LogP contribution in [-0.2, 0) is 6.42 Å². The number of nitrogens with one attached hydrogen (secondary N) is 2. The molecule has 0 bridgehead atoms. The van der Waals surface area contributed by atoms with Gasteiger partial charge in [-0.25, -0.2) is 0 Å². The van der Waals surface area contributed by atoms with Crippen LogP contribution in [0.15, 0.2) is 53.5 Å². The third-order valence-corrected chi connectivity index (χ3v) is 4.77. The van der Waals surface area contributed by atoms with Gasteiger partial charge in [-0.15, -0.1) is 24.0 Å². The van der Waals surface area contributed by atoms with Crippen LogP contribution in [0.4, 0.5) is 0 Å². The topological polar surface area (TPSA) is 58.1 Å². The van der Waals surface area contributed by atoms with Gasteiger partial charge in [0.1, 0.15) is 11.5 Å². The molecule has 7 heteroatoms. The summed E-state index contributed by atoms with van der Waals surface area (Å²) in [5.74, 6) is 2.60. The average Bonchev–Trinajstić information content (AvgIpc) is 2.74. The zero-order chi connectivity index (χ0) is 21.1. The molecule has 1 unspecified atom stereocenters. The number of guanidine groups is 1.